The molecule has 6 heteroatoms. The monoisotopic (exact) mass is 317 g/mol. The van der Waals surface area contributed by atoms with Crippen molar-refractivity contribution in [2.75, 3.05) is 13.2 Å². The number of hydrogen-bond acceptors (Lipinski definition) is 5. The summed E-state index contributed by atoms with van der Waals surface area (Å²) in [4.78, 5) is 0. The van der Waals surface area contributed by atoms with Crippen LogP contribution in [0, 0.1) is 0 Å². The molecule has 2 heterocycles. The average Bonchev–Trinajstić information content (AvgIpc) is 2.76. The van der Waals surface area contributed by atoms with Crippen molar-refractivity contribution >= 4 is 8.32 Å². The molecule has 2 aliphatic heterocycles. The third kappa shape index (κ3) is 4.06. The van der Waals surface area contributed by atoms with Crippen LogP contribution < -0.4 is 5.32 Å². The minimum Gasteiger partial charge on any atom is -0.409 e. The lowest BCUT2D eigenvalue weighted by molar-refractivity contribution is -0.246. The van der Waals surface area contributed by atoms with Crippen LogP contribution in [0.1, 0.15) is 34.1 Å². The second-order valence-corrected chi connectivity index (χ2v) is 12.6. The minimum atomic E-state index is -1.87. The fraction of sp³-hybridized carbons (Fsp3) is 1.00. The smallest absolute Gasteiger partial charge is 0.192 e. The summed E-state index contributed by atoms with van der Waals surface area (Å²) in [5.41, 5.74) is 0. The van der Waals surface area contributed by atoms with Crippen molar-refractivity contribution in [3.63, 3.8) is 0 Å². The van der Waals surface area contributed by atoms with Crippen molar-refractivity contribution in [3.05, 3.63) is 0 Å². The van der Waals surface area contributed by atoms with Crippen LogP contribution in [0.3, 0.4) is 0 Å². The zero-order valence-corrected chi connectivity index (χ0v) is 15.2. The van der Waals surface area contributed by atoms with Gasteiger partial charge < -0.3 is 24.3 Å². The van der Waals surface area contributed by atoms with Gasteiger partial charge in [0.25, 0.3) is 0 Å². The first-order valence-corrected chi connectivity index (χ1v) is 10.9. The van der Waals surface area contributed by atoms with Crippen molar-refractivity contribution in [2.45, 2.75) is 82.9 Å². The van der Waals surface area contributed by atoms with E-state index in [0.29, 0.717) is 13.2 Å². The molecule has 2 fully saturated rings. The number of β-amino-alcohol motifs (C(OH)–C–C–N with tert-alkyl or cyclic N) is 1. The summed E-state index contributed by atoms with van der Waals surface area (Å²) in [6, 6.07) is 0.140. The van der Waals surface area contributed by atoms with Gasteiger partial charge in [-0.2, -0.15) is 0 Å². The Balaban J connectivity index is 2.08. The van der Waals surface area contributed by atoms with Gasteiger partial charge in [0.1, 0.15) is 6.10 Å². The van der Waals surface area contributed by atoms with Gasteiger partial charge in [-0.3, -0.25) is 0 Å². The molecule has 0 spiro atoms. The molecule has 0 amide bonds. The quantitative estimate of drug-likeness (QED) is 0.778. The normalized spacial score (nSPS) is 38.7. The highest BCUT2D eigenvalue weighted by atomic mass is 28.4. The van der Waals surface area contributed by atoms with Crippen LogP contribution in [0.25, 0.3) is 0 Å². The lowest BCUT2D eigenvalue weighted by Gasteiger charge is -2.45. The molecule has 0 bridgehead atoms. The van der Waals surface area contributed by atoms with Crippen LogP contribution in [0.5, 0.6) is 0 Å². The number of nitrogens with one attached hydrogen (secondary N) is 1. The van der Waals surface area contributed by atoms with Crippen LogP contribution in [0.4, 0.5) is 0 Å². The van der Waals surface area contributed by atoms with E-state index in [1.54, 1.807) is 0 Å². The number of hydrogen-bond donors (Lipinski definition) is 2. The molecule has 2 rings (SSSR count). The van der Waals surface area contributed by atoms with Crippen molar-refractivity contribution < 1.29 is 19.0 Å². The first-order valence-electron chi connectivity index (χ1n) is 7.96. The Morgan fingerprint density at radius 2 is 1.95 bits per heavy atom. The van der Waals surface area contributed by atoms with Gasteiger partial charge in [0.2, 0.25) is 0 Å². The molecule has 0 radical (unpaired) electrons. The van der Waals surface area contributed by atoms with Crippen LogP contribution >= 0.6 is 0 Å². The van der Waals surface area contributed by atoms with Crippen molar-refractivity contribution in [2.24, 2.45) is 0 Å². The summed E-state index contributed by atoms with van der Waals surface area (Å²) < 4.78 is 18.2. The predicted molar refractivity (Wildman–Crippen MR) is 84.8 cm³/mol. The Kier molecular flexibility index (Phi) is 5.18. The molecule has 0 unspecified atom stereocenters. The molecule has 21 heavy (non-hydrogen) atoms. The predicted octanol–water partition coefficient (Wildman–Crippen LogP) is 1.86. The number of rotatable bonds is 3. The zero-order chi connectivity index (χ0) is 15.8. The summed E-state index contributed by atoms with van der Waals surface area (Å²) in [6.07, 6.45) is 0.0957. The molecule has 2 N–H and O–H groups in total. The Bertz CT molecular complexity index is 358. The van der Waals surface area contributed by atoms with Gasteiger partial charge in [-0.1, -0.05) is 20.8 Å². The van der Waals surface area contributed by atoms with Gasteiger partial charge in [-0.25, -0.2) is 0 Å². The van der Waals surface area contributed by atoms with E-state index in [9.17, 15) is 5.11 Å². The molecule has 0 aromatic carbocycles. The van der Waals surface area contributed by atoms with Crippen LogP contribution in [-0.2, 0) is 13.9 Å². The molecular weight excluding hydrogens is 286 g/mol. The zero-order valence-electron chi connectivity index (χ0n) is 14.2. The van der Waals surface area contributed by atoms with Crippen molar-refractivity contribution in [1.82, 2.24) is 5.32 Å². The fourth-order valence-electron chi connectivity index (χ4n) is 2.68. The largest absolute Gasteiger partial charge is 0.409 e. The highest BCUT2D eigenvalue weighted by Crippen LogP contribution is 2.39. The Morgan fingerprint density at radius 3 is 2.48 bits per heavy atom. The second-order valence-electron chi connectivity index (χ2n) is 7.82. The maximum Gasteiger partial charge on any atom is 0.192 e. The summed E-state index contributed by atoms with van der Waals surface area (Å²) in [5, 5.41) is 13.3. The molecule has 0 aliphatic carbocycles. The highest BCUT2D eigenvalue weighted by molar-refractivity contribution is 6.74. The summed E-state index contributed by atoms with van der Waals surface area (Å²) >= 11 is 0. The van der Waals surface area contributed by atoms with Crippen LogP contribution in [0.15, 0.2) is 0 Å². The van der Waals surface area contributed by atoms with Gasteiger partial charge >= 0.3 is 0 Å². The average molecular weight is 318 g/mol. The molecule has 5 atom stereocenters. The van der Waals surface area contributed by atoms with E-state index >= 15 is 0 Å². The Labute approximate surface area is 129 Å². The second kappa shape index (κ2) is 6.26. The van der Waals surface area contributed by atoms with Gasteiger partial charge in [0.05, 0.1) is 18.8 Å². The molecule has 0 aromatic rings. The molecular formula is C15H31NO4Si. The van der Waals surface area contributed by atoms with E-state index < -0.39 is 8.32 Å². The highest BCUT2D eigenvalue weighted by Gasteiger charge is 2.45. The Hall–Kier alpha value is 0.0169. The Morgan fingerprint density at radius 1 is 1.29 bits per heavy atom. The summed E-state index contributed by atoms with van der Waals surface area (Å²) in [7, 11) is -1.87. The standard InChI is InChI=1S/C15H31NO4Si/c1-10-18-9-13(20-21(5,6)15(2,3)4)14(19-10)12-7-11(17)8-16-12/h10-14,16-17H,7-9H2,1-6H3/t10-,11-,12+,13-,14+/m1/s1. The summed E-state index contributed by atoms with van der Waals surface area (Å²) in [5.74, 6) is 0. The SMILES string of the molecule is C[C@@H]1OC[C@@H](O[Si](C)(C)C(C)(C)C)[C@H]([C@@H]2C[C@@H](O)CN2)O1. The van der Waals surface area contributed by atoms with Crippen molar-refractivity contribution in [3.8, 4) is 0 Å². The number of ether oxygens (including phenoxy) is 2. The molecule has 124 valence electrons. The molecule has 0 saturated carbocycles. The lowest BCUT2D eigenvalue weighted by atomic mass is 10.0. The molecule has 2 aliphatic rings. The van der Waals surface area contributed by atoms with E-state index in [2.05, 4.69) is 39.2 Å². The third-order valence-corrected chi connectivity index (χ3v) is 9.51. The van der Waals surface area contributed by atoms with Gasteiger partial charge in [-0.15, -0.1) is 0 Å². The maximum absolute atomic E-state index is 9.76. The topological polar surface area (TPSA) is 60.0 Å². The maximum atomic E-state index is 9.76. The first kappa shape index (κ1) is 17.4. The number of aliphatic hydroxyl groups excluding tert-OH is 1. The van der Waals surface area contributed by atoms with Gasteiger partial charge in [0, 0.05) is 12.6 Å². The fourth-order valence-corrected chi connectivity index (χ4v) is 3.99. The molecule has 5 nitrogen and oxygen atoms in total. The molecule has 2 saturated heterocycles. The van der Waals surface area contributed by atoms with E-state index in [0.717, 1.165) is 6.42 Å². The molecule has 0 aromatic heterocycles. The van der Waals surface area contributed by atoms with E-state index in [4.69, 9.17) is 13.9 Å². The van der Waals surface area contributed by atoms with Crippen LogP contribution in [0.2, 0.25) is 18.1 Å². The third-order valence-electron chi connectivity index (χ3n) is 5.00. The minimum absolute atomic E-state index is 0.0555. The van der Waals surface area contributed by atoms with Crippen molar-refractivity contribution in [1.29, 1.82) is 0 Å². The van der Waals surface area contributed by atoms with E-state index in [1.807, 2.05) is 6.92 Å². The van der Waals surface area contributed by atoms with E-state index in [1.165, 1.54) is 0 Å². The lowest BCUT2D eigenvalue weighted by Crippen LogP contribution is -2.57. The number of aliphatic hydroxyl groups is 1. The van der Waals surface area contributed by atoms with Gasteiger partial charge in [0.15, 0.2) is 14.6 Å². The van der Waals surface area contributed by atoms with E-state index in [-0.39, 0.29) is 35.7 Å². The summed E-state index contributed by atoms with van der Waals surface area (Å²) in [6.45, 7) is 14.3. The van der Waals surface area contributed by atoms with Crippen LogP contribution in [-0.4, -0.2) is 57.2 Å². The van der Waals surface area contributed by atoms with Gasteiger partial charge in [-0.05, 0) is 31.5 Å². The first-order chi connectivity index (χ1) is 9.60.